The SMILES string of the molecule is CC(C)n1ncc(NCC2CCNCC2)c(Cl)c1=O. The predicted octanol–water partition coefficient (Wildman–Crippen LogP) is 1.89. The highest BCUT2D eigenvalue weighted by Crippen LogP contribution is 2.18. The topological polar surface area (TPSA) is 59.0 Å². The maximum absolute atomic E-state index is 12.0. The minimum Gasteiger partial charge on any atom is -0.382 e. The summed E-state index contributed by atoms with van der Waals surface area (Å²) < 4.78 is 1.40. The molecular formula is C13H21ClN4O. The molecule has 1 aromatic heterocycles. The van der Waals surface area contributed by atoms with Gasteiger partial charge < -0.3 is 10.6 Å². The summed E-state index contributed by atoms with van der Waals surface area (Å²) in [4.78, 5) is 12.0. The molecule has 2 heterocycles. The van der Waals surface area contributed by atoms with E-state index < -0.39 is 0 Å². The Morgan fingerprint density at radius 2 is 2.21 bits per heavy atom. The van der Waals surface area contributed by atoms with Crippen LogP contribution in [0.3, 0.4) is 0 Å². The molecule has 1 aliphatic rings. The van der Waals surface area contributed by atoms with Crippen LogP contribution < -0.4 is 16.2 Å². The van der Waals surface area contributed by atoms with E-state index in [0.717, 1.165) is 32.5 Å². The molecule has 0 saturated carbocycles. The van der Waals surface area contributed by atoms with E-state index in [0.29, 0.717) is 11.6 Å². The van der Waals surface area contributed by atoms with Gasteiger partial charge in [-0.2, -0.15) is 5.10 Å². The molecule has 0 amide bonds. The lowest BCUT2D eigenvalue weighted by molar-refractivity contribution is 0.389. The molecule has 1 fully saturated rings. The van der Waals surface area contributed by atoms with Gasteiger partial charge in [0.1, 0.15) is 5.02 Å². The van der Waals surface area contributed by atoms with Crippen molar-refractivity contribution in [3.8, 4) is 0 Å². The van der Waals surface area contributed by atoms with Gasteiger partial charge in [-0.05, 0) is 45.7 Å². The maximum atomic E-state index is 12.0. The van der Waals surface area contributed by atoms with Gasteiger partial charge in [0.2, 0.25) is 0 Å². The normalized spacial score (nSPS) is 16.8. The van der Waals surface area contributed by atoms with Crippen LogP contribution in [0.25, 0.3) is 0 Å². The van der Waals surface area contributed by atoms with Crippen molar-refractivity contribution < 1.29 is 0 Å². The largest absolute Gasteiger partial charge is 0.382 e. The first-order valence-electron chi connectivity index (χ1n) is 6.81. The summed E-state index contributed by atoms with van der Waals surface area (Å²) in [5, 5.41) is 11.0. The monoisotopic (exact) mass is 284 g/mol. The lowest BCUT2D eigenvalue weighted by Gasteiger charge is -2.23. The highest BCUT2D eigenvalue weighted by atomic mass is 35.5. The Hall–Kier alpha value is -1.07. The lowest BCUT2D eigenvalue weighted by atomic mass is 9.98. The van der Waals surface area contributed by atoms with E-state index >= 15 is 0 Å². The number of piperidine rings is 1. The highest BCUT2D eigenvalue weighted by Gasteiger charge is 2.15. The zero-order valence-electron chi connectivity index (χ0n) is 11.4. The minimum absolute atomic E-state index is 0.0171. The molecule has 6 heteroatoms. The summed E-state index contributed by atoms with van der Waals surface area (Å²) in [6.07, 6.45) is 3.95. The Kier molecular flexibility index (Phi) is 4.82. The fraction of sp³-hybridized carbons (Fsp3) is 0.692. The number of hydrogen-bond acceptors (Lipinski definition) is 4. The van der Waals surface area contributed by atoms with E-state index in [1.165, 1.54) is 4.68 Å². The number of hydrogen-bond donors (Lipinski definition) is 2. The number of nitrogens with zero attached hydrogens (tertiary/aromatic N) is 2. The fourth-order valence-electron chi connectivity index (χ4n) is 2.28. The predicted molar refractivity (Wildman–Crippen MR) is 78.0 cm³/mol. The third-order valence-corrected chi connectivity index (χ3v) is 3.84. The summed E-state index contributed by atoms with van der Waals surface area (Å²) in [5.74, 6) is 0.629. The number of aromatic nitrogens is 2. The quantitative estimate of drug-likeness (QED) is 0.886. The number of halogens is 1. The van der Waals surface area contributed by atoms with Crippen LogP contribution in [0, 0.1) is 5.92 Å². The smallest absolute Gasteiger partial charge is 0.287 e. The Balaban J connectivity index is 2.04. The maximum Gasteiger partial charge on any atom is 0.287 e. The minimum atomic E-state index is -0.230. The molecule has 0 aliphatic carbocycles. The van der Waals surface area contributed by atoms with Gasteiger partial charge in [-0.1, -0.05) is 11.6 Å². The van der Waals surface area contributed by atoms with Crippen molar-refractivity contribution in [2.75, 3.05) is 25.0 Å². The van der Waals surface area contributed by atoms with E-state index in [4.69, 9.17) is 11.6 Å². The van der Waals surface area contributed by atoms with E-state index in [-0.39, 0.29) is 16.6 Å². The molecule has 1 aliphatic heterocycles. The third kappa shape index (κ3) is 3.48. The number of anilines is 1. The Bertz CT molecular complexity index is 480. The van der Waals surface area contributed by atoms with Gasteiger partial charge in [0.25, 0.3) is 5.56 Å². The summed E-state index contributed by atoms with van der Waals surface area (Å²) in [5.41, 5.74) is 0.411. The van der Waals surface area contributed by atoms with E-state index in [9.17, 15) is 4.79 Å². The summed E-state index contributed by atoms with van der Waals surface area (Å²) in [6, 6.07) is 0.0171. The van der Waals surface area contributed by atoms with Gasteiger partial charge in [-0.15, -0.1) is 0 Å². The van der Waals surface area contributed by atoms with Crippen LogP contribution in [0.5, 0.6) is 0 Å². The first-order valence-corrected chi connectivity index (χ1v) is 7.19. The van der Waals surface area contributed by atoms with Crippen LogP contribution in [0.4, 0.5) is 5.69 Å². The molecule has 2 N–H and O–H groups in total. The Labute approximate surface area is 118 Å². The van der Waals surface area contributed by atoms with Crippen molar-refractivity contribution in [3.05, 3.63) is 21.6 Å². The average Bonchev–Trinajstić information content (AvgIpc) is 2.41. The van der Waals surface area contributed by atoms with Crippen LogP contribution in [0.1, 0.15) is 32.7 Å². The van der Waals surface area contributed by atoms with Crippen LogP contribution in [0.15, 0.2) is 11.0 Å². The molecule has 0 bridgehead atoms. The molecule has 0 unspecified atom stereocenters. The second-order valence-corrected chi connectivity index (χ2v) is 5.67. The molecular weight excluding hydrogens is 264 g/mol. The van der Waals surface area contributed by atoms with Crippen molar-refractivity contribution in [1.29, 1.82) is 0 Å². The van der Waals surface area contributed by atoms with E-state index in [1.807, 2.05) is 13.8 Å². The van der Waals surface area contributed by atoms with Gasteiger partial charge in [0, 0.05) is 6.54 Å². The van der Waals surface area contributed by atoms with Gasteiger partial charge in [-0.3, -0.25) is 4.79 Å². The third-order valence-electron chi connectivity index (χ3n) is 3.47. The van der Waals surface area contributed by atoms with Gasteiger partial charge in [0.05, 0.1) is 17.9 Å². The van der Waals surface area contributed by atoms with Gasteiger partial charge in [-0.25, -0.2) is 4.68 Å². The lowest BCUT2D eigenvalue weighted by Crippen LogP contribution is -2.31. The first-order chi connectivity index (χ1) is 9.09. The summed E-state index contributed by atoms with van der Waals surface area (Å²) in [6.45, 7) is 6.79. The van der Waals surface area contributed by atoms with E-state index in [2.05, 4.69) is 15.7 Å². The second-order valence-electron chi connectivity index (χ2n) is 5.29. The molecule has 5 nitrogen and oxygen atoms in total. The van der Waals surface area contributed by atoms with Crippen LogP contribution in [0.2, 0.25) is 5.02 Å². The van der Waals surface area contributed by atoms with Crippen molar-refractivity contribution >= 4 is 17.3 Å². The molecule has 1 aromatic rings. The van der Waals surface area contributed by atoms with Crippen molar-refractivity contribution in [2.45, 2.75) is 32.7 Å². The van der Waals surface area contributed by atoms with Gasteiger partial charge in [0.15, 0.2) is 0 Å². The summed E-state index contributed by atoms with van der Waals surface area (Å²) in [7, 11) is 0. The van der Waals surface area contributed by atoms with Gasteiger partial charge >= 0.3 is 0 Å². The van der Waals surface area contributed by atoms with Crippen LogP contribution in [-0.2, 0) is 0 Å². The number of rotatable bonds is 4. The molecule has 0 aromatic carbocycles. The fourth-order valence-corrected chi connectivity index (χ4v) is 2.48. The molecule has 106 valence electrons. The zero-order valence-corrected chi connectivity index (χ0v) is 12.2. The average molecular weight is 285 g/mol. The molecule has 2 rings (SSSR count). The standard InChI is InChI=1S/C13H21ClN4O/c1-9(2)18-13(19)12(14)11(8-17-18)16-7-10-3-5-15-6-4-10/h8-10,15-16H,3-7H2,1-2H3. The number of nitrogens with one attached hydrogen (secondary N) is 2. The molecule has 0 radical (unpaired) electrons. The molecule has 1 saturated heterocycles. The Morgan fingerprint density at radius 3 is 2.84 bits per heavy atom. The first kappa shape index (κ1) is 14.3. The molecule has 19 heavy (non-hydrogen) atoms. The highest BCUT2D eigenvalue weighted by molar-refractivity contribution is 6.32. The van der Waals surface area contributed by atoms with Crippen LogP contribution in [-0.4, -0.2) is 29.4 Å². The molecule has 0 spiro atoms. The van der Waals surface area contributed by atoms with Crippen molar-refractivity contribution in [3.63, 3.8) is 0 Å². The second kappa shape index (κ2) is 6.39. The summed E-state index contributed by atoms with van der Waals surface area (Å²) >= 11 is 6.11. The van der Waals surface area contributed by atoms with Crippen molar-refractivity contribution in [2.24, 2.45) is 5.92 Å². The molecule has 0 atom stereocenters. The van der Waals surface area contributed by atoms with Crippen LogP contribution >= 0.6 is 11.6 Å². The van der Waals surface area contributed by atoms with Crippen molar-refractivity contribution in [1.82, 2.24) is 15.1 Å². The Morgan fingerprint density at radius 1 is 1.53 bits per heavy atom. The zero-order chi connectivity index (χ0) is 13.8. The van der Waals surface area contributed by atoms with E-state index in [1.54, 1.807) is 6.20 Å².